The molecule has 1 spiro atoms. The SMILES string of the molecule is Cc1ccc(Cl)cc1NC(=O)CN1C(=O)NC2(CCN(CC(C)C)CC2)C1=O. The molecule has 2 heterocycles. The fourth-order valence-electron chi connectivity index (χ4n) is 3.85. The van der Waals surface area contributed by atoms with Crippen molar-refractivity contribution in [2.24, 2.45) is 5.92 Å². The van der Waals surface area contributed by atoms with Gasteiger partial charge in [0.05, 0.1) is 0 Å². The maximum atomic E-state index is 13.0. The highest BCUT2D eigenvalue weighted by atomic mass is 35.5. The van der Waals surface area contributed by atoms with Gasteiger partial charge in [-0.3, -0.25) is 14.5 Å². The number of piperidine rings is 1. The molecule has 28 heavy (non-hydrogen) atoms. The van der Waals surface area contributed by atoms with Crippen LogP contribution < -0.4 is 10.6 Å². The zero-order chi connectivity index (χ0) is 20.5. The summed E-state index contributed by atoms with van der Waals surface area (Å²) >= 11 is 5.97. The lowest BCUT2D eigenvalue weighted by atomic mass is 9.87. The van der Waals surface area contributed by atoms with Crippen molar-refractivity contribution >= 4 is 35.1 Å². The molecular weight excluding hydrogens is 380 g/mol. The van der Waals surface area contributed by atoms with Gasteiger partial charge in [0.15, 0.2) is 0 Å². The summed E-state index contributed by atoms with van der Waals surface area (Å²) in [5, 5.41) is 6.08. The fraction of sp³-hybridized carbons (Fsp3) is 0.550. The summed E-state index contributed by atoms with van der Waals surface area (Å²) in [6.45, 7) is 8.35. The van der Waals surface area contributed by atoms with E-state index in [4.69, 9.17) is 11.6 Å². The number of carbonyl (C=O) groups excluding carboxylic acids is 3. The van der Waals surface area contributed by atoms with Gasteiger partial charge in [0.25, 0.3) is 5.91 Å². The minimum atomic E-state index is -0.878. The minimum Gasteiger partial charge on any atom is -0.324 e. The zero-order valence-electron chi connectivity index (χ0n) is 16.5. The number of urea groups is 1. The highest BCUT2D eigenvalue weighted by Crippen LogP contribution is 2.30. The molecule has 3 rings (SSSR count). The number of hydrogen-bond acceptors (Lipinski definition) is 4. The van der Waals surface area contributed by atoms with E-state index in [0.717, 1.165) is 30.1 Å². The van der Waals surface area contributed by atoms with E-state index >= 15 is 0 Å². The quantitative estimate of drug-likeness (QED) is 0.736. The van der Waals surface area contributed by atoms with Crippen molar-refractivity contribution in [1.29, 1.82) is 0 Å². The number of amides is 4. The Kier molecular flexibility index (Phi) is 5.95. The van der Waals surface area contributed by atoms with Crippen molar-refractivity contribution in [2.45, 2.75) is 39.2 Å². The Labute approximate surface area is 170 Å². The number of nitrogens with one attached hydrogen (secondary N) is 2. The minimum absolute atomic E-state index is 0.306. The standard InChI is InChI=1S/C20H27ClN4O3/c1-13(2)11-24-8-6-20(7-9-24)18(27)25(19(28)23-20)12-17(26)22-16-10-15(21)5-4-14(16)3/h4-5,10,13H,6-9,11-12H2,1-3H3,(H,22,26)(H,23,28). The Bertz CT molecular complexity index is 788. The first-order chi connectivity index (χ1) is 13.2. The average molecular weight is 407 g/mol. The van der Waals surface area contributed by atoms with Gasteiger partial charge in [-0.25, -0.2) is 4.79 Å². The summed E-state index contributed by atoms with van der Waals surface area (Å²) in [7, 11) is 0. The van der Waals surface area contributed by atoms with Crippen molar-refractivity contribution in [2.75, 3.05) is 31.5 Å². The predicted molar refractivity (Wildman–Crippen MR) is 108 cm³/mol. The summed E-state index contributed by atoms with van der Waals surface area (Å²) in [5.41, 5.74) is 0.543. The van der Waals surface area contributed by atoms with Crippen molar-refractivity contribution in [3.63, 3.8) is 0 Å². The maximum Gasteiger partial charge on any atom is 0.325 e. The van der Waals surface area contributed by atoms with Crippen molar-refractivity contribution in [1.82, 2.24) is 15.1 Å². The molecule has 0 unspecified atom stereocenters. The number of likely N-dealkylation sites (tertiary alicyclic amines) is 1. The van der Waals surface area contributed by atoms with Gasteiger partial charge in [0.1, 0.15) is 12.1 Å². The molecule has 8 heteroatoms. The third-order valence-corrected chi connectivity index (χ3v) is 5.59. The summed E-state index contributed by atoms with van der Waals surface area (Å²) in [4.78, 5) is 41.1. The van der Waals surface area contributed by atoms with E-state index < -0.39 is 17.5 Å². The van der Waals surface area contributed by atoms with Crippen LogP contribution in [-0.4, -0.2) is 59.4 Å². The largest absolute Gasteiger partial charge is 0.325 e. The number of rotatable bonds is 5. The lowest BCUT2D eigenvalue weighted by Crippen LogP contribution is -2.55. The molecule has 2 fully saturated rings. The van der Waals surface area contributed by atoms with Crippen LogP contribution in [0.3, 0.4) is 0 Å². The van der Waals surface area contributed by atoms with Crippen LogP contribution in [0.2, 0.25) is 5.02 Å². The van der Waals surface area contributed by atoms with Crippen molar-refractivity contribution < 1.29 is 14.4 Å². The number of aryl methyl sites for hydroxylation is 1. The van der Waals surface area contributed by atoms with Gasteiger partial charge in [-0.2, -0.15) is 0 Å². The molecule has 0 radical (unpaired) electrons. The lowest BCUT2D eigenvalue weighted by molar-refractivity contribution is -0.135. The Morgan fingerprint density at radius 3 is 2.61 bits per heavy atom. The lowest BCUT2D eigenvalue weighted by Gasteiger charge is -2.37. The van der Waals surface area contributed by atoms with Gasteiger partial charge in [-0.15, -0.1) is 0 Å². The van der Waals surface area contributed by atoms with Gasteiger partial charge in [0, 0.05) is 30.3 Å². The predicted octanol–water partition coefficient (Wildman–Crippen LogP) is 2.63. The van der Waals surface area contributed by atoms with Crippen molar-refractivity contribution in [3.8, 4) is 0 Å². The van der Waals surface area contributed by atoms with Crippen LogP contribution in [0.1, 0.15) is 32.3 Å². The van der Waals surface area contributed by atoms with E-state index in [1.807, 2.05) is 6.92 Å². The number of anilines is 1. The molecule has 0 atom stereocenters. The molecule has 2 N–H and O–H groups in total. The molecule has 7 nitrogen and oxygen atoms in total. The topological polar surface area (TPSA) is 81.8 Å². The van der Waals surface area contributed by atoms with E-state index in [0.29, 0.717) is 29.5 Å². The highest BCUT2D eigenvalue weighted by molar-refractivity contribution is 6.31. The molecule has 2 aliphatic heterocycles. The monoisotopic (exact) mass is 406 g/mol. The molecule has 0 aromatic heterocycles. The van der Waals surface area contributed by atoms with Crippen LogP contribution >= 0.6 is 11.6 Å². The van der Waals surface area contributed by atoms with E-state index in [1.54, 1.807) is 18.2 Å². The van der Waals surface area contributed by atoms with Crippen LogP contribution in [0.25, 0.3) is 0 Å². The second-order valence-electron chi connectivity index (χ2n) is 8.11. The van der Waals surface area contributed by atoms with Crippen LogP contribution in [-0.2, 0) is 9.59 Å². The summed E-state index contributed by atoms with van der Waals surface area (Å²) in [6.07, 6.45) is 1.13. The molecule has 0 bridgehead atoms. The van der Waals surface area contributed by atoms with Gasteiger partial charge < -0.3 is 15.5 Å². The number of benzene rings is 1. The van der Waals surface area contributed by atoms with E-state index in [1.165, 1.54) is 0 Å². The molecule has 2 aliphatic rings. The molecule has 2 saturated heterocycles. The number of hydrogen-bond donors (Lipinski definition) is 2. The molecule has 0 saturated carbocycles. The van der Waals surface area contributed by atoms with Crippen LogP contribution in [0.5, 0.6) is 0 Å². The highest BCUT2D eigenvalue weighted by Gasteiger charge is 2.52. The van der Waals surface area contributed by atoms with Crippen LogP contribution in [0.15, 0.2) is 18.2 Å². The maximum absolute atomic E-state index is 13.0. The van der Waals surface area contributed by atoms with Crippen LogP contribution in [0, 0.1) is 12.8 Å². The first kappa shape index (κ1) is 20.6. The number of nitrogens with zero attached hydrogens (tertiary/aromatic N) is 2. The second-order valence-corrected chi connectivity index (χ2v) is 8.54. The van der Waals surface area contributed by atoms with Gasteiger partial charge >= 0.3 is 6.03 Å². The Morgan fingerprint density at radius 1 is 1.29 bits per heavy atom. The Balaban J connectivity index is 1.62. The van der Waals surface area contributed by atoms with Crippen LogP contribution in [0.4, 0.5) is 10.5 Å². The van der Waals surface area contributed by atoms with Gasteiger partial charge in [0.2, 0.25) is 5.91 Å². The Hall–Kier alpha value is -2.12. The van der Waals surface area contributed by atoms with Crippen molar-refractivity contribution in [3.05, 3.63) is 28.8 Å². The molecule has 152 valence electrons. The van der Waals surface area contributed by atoms with Gasteiger partial charge in [-0.05, 0) is 43.4 Å². The molecule has 1 aromatic carbocycles. The zero-order valence-corrected chi connectivity index (χ0v) is 17.3. The number of carbonyl (C=O) groups is 3. The fourth-order valence-corrected chi connectivity index (χ4v) is 4.03. The third-order valence-electron chi connectivity index (χ3n) is 5.35. The van der Waals surface area contributed by atoms with E-state index in [2.05, 4.69) is 29.4 Å². The number of halogens is 1. The Morgan fingerprint density at radius 2 is 1.96 bits per heavy atom. The van der Waals surface area contributed by atoms with Gasteiger partial charge in [-0.1, -0.05) is 31.5 Å². The smallest absolute Gasteiger partial charge is 0.324 e. The van der Waals surface area contributed by atoms with E-state index in [9.17, 15) is 14.4 Å². The third kappa shape index (κ3) is 4.31. The van der Waals surface area contributed by atoms with E-state index in [-0.39, 0.29) is 12.5 Å². The normalized spacial score (nSPS) is 19.4. The summed E-state index contributed by atoms with van der Waals surface area (Å²) in [5.74, 6) is -0.180. The molecular formula is C20H27ClN4O3. The summed E-state index contributed by atoms with van der Waals surface area (Å²) < 4.78 is 0. The summed E-state index contributed by atoms with van der Waals surface area (Å²) in [6, 6.07) is 4.68. The first-order valence-electron chi connectivity index (χ1n) is 9.63. The molecule has 4 amide bonds. The molecule has 0 aliphatic carbocycles. The molecule has 1 aromatic rings. The second kappa shape index (κ2) is 8.09. The number of imide groups is 1. The average Bonchev–Trinajstić information content (AvgIpc) is 2.84. The first-order valence-corrected chi connectivity index (χ1v) is 10.0.